The highest BCUT2D eigenvalue weighted by Gasteiger charge is 2.26. The van der Waals surface area contributed by atoms with Crippen LogP contribution in [-0.2, 0) is 17.3 Å². The van der Waals surface area contributed by atoms with Crippen molar-refractivity contribution in [1.82, 2.24) is 10.3 Å². The standard InChI is InChI=1S/C17H26N2O3/c1-16(2,3)13-10-12(18-21-13)8-7-9-17(4,5)14-11-15(20-6)19-22-14/h10-11H,7-9H2,1-6H3. The molecule has 122 valence electrons. The smallest absolute Gasteiger partial charge is 0.254 e. The van der Waals surface area contributed by atoms with Gasteiger partial charge in [-0.1, -0.05) is 39.8 Å². The van der Waals surface area contributed by atoms with E-state index in [2.05, 4.69) is 51.0 Å². The summed E-state index contributed by atoms with van der Waals surface area (Å²) in [6.07, 6.45) is 2.88. The van der Waals surface area contributed by atoms with Gasteiger partial charge in [-0.15, -0.1) is 0 Å². The molecule has 5 heteroatoms. The Bertz CT molecular complexity index is 605. The number of hydrogen-bond acceptors (Lipinski definition) is 5. The largest absolute Gasteiger partial charge is 0.479 e. The fourth-order valence-corrected chi connectivity index (χ4v) is 2.29. The number of rotatable bonds is 6. The van der Waals surface area contributed by atoms with Crippen LogP contribution in [0.2, 0.25) is 0 Å². The first-order chi connectivity index (χ1) is 10.2. The minimum atomic E-state index is -0.0830. The molecule has 0 unspecified atom stereocenters. The molecule has 0 aromatic carbocycles. The van der Waals surface area contributed by atoms with Gasteiger partial charge in [-0.25, -0.2) is 0 Å². The molecule has 22 heavy (non-hydrogen) atoms. The Morgan fingerprint density at radius 1 is 1.00 bits per heavy atom. The van der Waals surface area contributed by atoms with Gasteiger partial charge in [0.05, 0.1) is 12.8 Å². The molecule has 0 aliphatic heterocycles. The second-order valence-corrected chi connectivity index (χ2v) is 7.40. The van der Waals surface area contributed by atoms with Crippen LogP contribution in [0.5, 0.6) is 5.88 Å². The second kappa shape index (κ2) is 6.15. The summed E-state index contributed by atoms with van der Waals surface area (Å²) in [6.45, 7) is 10.7. The predicted octanol–water partition coefficient (Wildman–Crippen LogP) is 4.27. The third-order valence-electron chi connectivity index (χ3n) is 3.90. The van der Waals surface area contributed by atoms with Gasteiger partial charge in [0, 0.05) is 23.0 Å². The van der Waals surface area contributed by atoms with Crippen molar-refractivity contribution in [2.24, 2.45) is 0 Å². The summed E-state index contributed by atoms with van der Waals surface area (Å²) in [5.41, 5.74) is 0.928. The summed E-state index contributed by atoms with van der Waals surface area (Å²) < 4.78 is 15.9. The molecule has 0 saturated carbocycles. The molecule has 2 aromatic heterocycles. The SMILES string of the molecule is COc1cc(C(C)(C)CCCc2cc(C(C)(C)C)on2)on1. The second-order valence-electron chi connectivity index (χ2n) is 7.40. The highest BCUT2D eigenvalue weighted by atomic mass is 16.5. The van der Waals surface area contributed by atoms with Crippen molar-refractivity contribution in [2.75, 3.05) is 7.11 Å². The summed E-state index contributed by atoms with van der Waals surface area (Å²) in [5.74, 6) is 2.30. The Labute approximate surface area is 132 Å². The molecule has 0 aliphatic rings. The summed E-state index contributed by atoms with van der Waals surface area (Å²) in [7, 11) is 1.59. The van der Waals surface area contributed by atoms with E-state index in [0.29, 0.717) is 5.88 Å². The molecule has 0 aliphatic carbocycles. The summed E-state index contributed by atoms with van der Waals surface area (Å²) in [4.78, 5) is 0. The van der Waals surface area contributed by atoms with E-state index in [-0.39, 0.29) is 10.8 Å². The third-order valence-corrected chi connectivity index (χ3v) is 3.90. The van der Waals surface area contributed by atoms with E-state index in [9.17, 15) is 0 Å². The first-order valence-electron chi connectivity index (χ1n) is 7.69. The molecule has 0 saturated heterocycles. The zero-order valence-electron chi connectivity index (χ0n) is 14.4. The number of aryl methyl sites for hydroxylation is 1. The average molecular weight is 306 g/mol. The van der Waals surface area contributed by atoms with E-state index in [4.69, 9.17) is 13.8 Å². The first-order valence-corrected chi connectivity index (χ1v) is 7.69. The quantitative estimate of drug-likeness (QED) is 0.797. The van der Waals surface area contributed by atoms with Crippen LogP contribution in [0.1, 0.15) is 64.7 Å². The van der Waals surface area contributed by atoms with Gasteiger partial charge in [-0.3, -0.25) is 0 Å². The molecule has 0 radical (unpaired) electrons. The maximum absolute atomic E-state index is 5.42. The summed E-state index contributed by atoms with van der Waals surface area (Å²) in [6, 6.07) is 3.91. The molecule has 2 heterocycles. The van der Waals surface area contributed by atoms with E-state index >= 15 is 0 Å². The first kappa shape index (κ1) is 16.6. The number of ether oxygens (including phenoxy) is 1. The van der Waals surface area contributed by atoms with Gasteiger partial charge in [0.15, 0.2) is 0 Å². The van der Waals surface area contributed by atoms with Crippen LogP contribution in [0, 0.1) is 0 Å². The Morgan fingerprint density at radius 3 is 2.23 bits per heavy atom. The minimum absolute atomic E-state index is 0.000905. The van der Waals surface area contributed by atoms with Crippen molar-refractivity contribution in [2.45, 2.75) is 64.7 Å². The number of aromatic nitrogens is 2. The lowest BCUT2D eigenvalue weighted by Crippen LogP contribution is -2.16. The summed E-state index contributed by atoms with van der Waals surface area (Å²) >= 11 is 0. The molecule has 0 N–H and O–H groups in total. The van der Waals surface area contributed by atoms with E-state index in [1.807, 2.05) is 6.07 Å². The van der Waals surface area contributed by atoms with Crippen molar-refractivity contribution in [3.05, 3.63) is 29.3 Å². The zero-order chi connectivity index (χ0) is 16.4. The van der Waals surface area contributed by atoms with E-state index < -0.39 is 0 Å². The van der Waals surface area contributed by atoms with E-state index in [0.717, 1.165) is 36.5 Å². The van der Waals surface area contributed by atoms with Gasteiger partial charge in [0.1, 0.15) is 11.5 Å². The van der Waals surface area contributed by atoms with Gasteiger partial charge in [0.25, 0.3) is 5.88 Å². The normalized spacial score (nSPS) is 12.6. The number of methoxy groups -OCH3 is 1. The third kappa shape index (κ3) is 3.90. The Kier molecular flexibility index (Phi) is 4.63. The lowest BCUT2D eigenvalue weighted by molar-refractivity contribution is 0.283. The Balaban J connectivity index is 1.91. The summed E-state index contributed by atoms with van der Waals surface area (Å²) in [5, 5.41) is 8.03. The topological polar surface area (TPSA) is 61.3 Å². The fourth-order valence-electron chi connectivity index (χ4n) is 2.29. The molecular formula is C17H26N2O3. The van der Waals surface area contributed by atoms with E-state index in [1.54, 1.807) is 7.11 Å². The molecular weight excluding hydrogens is 280 g/mol. The van der Waals surface area contributed by atoms with Crippen LogP contribution in [0.25, 0.3) is 0 Å². The monoisotopic (exact) mass is 306 g/mol. The molecule has 2 aromatic rings. The van der Waals surface area contributed by atoms with Crippen molar-refractivity contribution < 1.29 is 13.8 Å². The van der Waals surface area contributed by atoms with Gasteiger partial charge < -0.3 is 13.8 Å². The molecule has 0 fully saturated rings. The number of hydrogen-bond donors (Lipinski definition) is 0. The minimum Gasteiger partial charge on any atom is -0.479 e. The lowest BCUT2D eigenvalue weighted by Gasteiger charge is -2.20. The zero-order valence-corrected chi connectivity index (χ0v) is 14.4. The molecule has 2 rings (SSSR count). The van der Waals surface area contributed by atoms with Crippen LogP contribution in [-0.4, -0.2) is 17.4 Å². The lowest BCUT2D eigenvalue weighted by atomic mass is 9.84. The molecule has 0 atom stereocenters. The maximum Gasteiger partial charge on any atom is 0.254 e. The molecule has 0 spiro atoms. The highest BCUT2D eigenvalue weighted by molar-refractivity contribution is 5.18. The van der Waals surface area contributed by atoms with Gasteiger partial charge in [0.2, 0.25) is 0 Å². The molecule has 5 nitrogen and oxygen atoms in total. The maximum atomic E-state index is 5.42. The Hall–Kier alpha value is -1.78. The van der Waals surface area contributed by atoms with Crippen LogP contribution in [0.4, 0.5) is 0 Å². The van der Waals surface area contributed by atoms with Crippen LogP contribution < -0.4 is 4.74 Å². The van der Waals surface area contributed by atoms with Crippen LogP contribution in [0.15, 0.2) is 21.2 Å². The molecule has 0 bridgehead atoms. The fraction of sp³-hybridized carbons (Fsp3) is 0.647. The van der Waals surface area contributed by atoms with Crippen LogP contribution in [0.3, 0.4) is 0 Å². The van der Waals surface area contributed by atoms with Crippen LogP contribution >= 0.6 is 0 Å². The van der Waals surface area contributed by atoms with E-state index in [1.165, 1.54) is 0 Å². The Morgan fingerprint density at radius 2 is 1.68 bits per heavy atom. The number of nitrogens with zero attached hydrogens (tertiary/aromatic N) is 2. The van der Waals surface area contributed by atoms with Crippen molar-refractivity contribution in [3.8, 4) is 5.88 Å². The highest BCUT2D eigenvalue weighted by Crippen LogP contribution is 2.31. The van der Waals surface area contributed by atoms with Gasteiger partial charge in [-0.2, -0.15) is 0 Å². The molecule has 0 amide bonds. The van der Waals surface area contributed by atoms with Crippen molar-refractivity contribution in [1.29, 1.82) is 0 Å². The van der Waals surface area contributed by atoms with Gasteiger partial charge >= 0.3 is 0 Å². The van der Waals surface area contributed by atoms with Gasteiger partial charge in [-0.05, 0) is 24.4 Å². The average Bonchev–Trinajstić information content (AvgIpc) is 3.06. The van der Waals surface area contributed by atoms with Crippen molar-refractivity contribution in [3.63, 3.8) is 0 Å². The predicted molar refractivity (Wildman–Crippen MR) is 84.2 cm³/mol. The van der Waals surface area contributed by atoms with Crippen molar-refractivity contribution >= 4 is 0 Å².